The number of non-ortho nitro benzene ring substituents is 1. The Morgan fingerprint density at radius 1 is 1.00 bits per heavy atom. The van der Waals surface area contributed by atoms with Gasteiger partial charge in [0, 0.05) is 58.1 Å². The molecule has 2 heterocycles. The number of nitrogens with one attached hydrogen (secondary N) is 1. The number of carbonyl (C=O) groups excluding carboxylic acids is 1. The van der Waals surface area contributed by atoms with Crippen LogP contribution in [0, 0.1) is 10.1 Å². The first-order valence-corrected chi connectivity index (χ1v) is 11.9. The summed E-state index contributed by atoms with van der Waals surface area (Å²) in [6, 6.07) is 10.2. The number of hydrogen-bond acceptors (Lipinski definition) is 7. The molecule has 0 spiro atoms. The number of aryl methyl sites for hydroxylation is 2. The summed E-state index contributed by atoms with van der Waals surface area (Å²) < 4.78 is 30.6. The molecule has 13 heteroatoms. The van der Waals surface area contributed by atoms with Crippen molar-refractivity contribution in [3.05, 3.63) is 63.1 Å². The van der Waals surface area contributed by atoms with Gasteiger partial charge in [0.15, 0.2) is 0 Å². The molecule has 0 aliphatic carbocycles. The first-order chi connectivity index (χ1) is 16.1. The van der Waals surface area contributed by atoms with E-state index in [9.17, 15) is 28.1 Å². The van der Waals surface area contributed by atoms with Gasteiger partial charge in [-0.25, -0.2) is 13.2 Å². The van der Waals surface area contributed by atoms with Crippen molar-refractivity contribution >= 4 is 38.3 Å². The summed E-state index contributed by atoms with van der Waals surface area (Å²) in [5.41, 5.74) is 1.34. The Morgan fingerprint density at radius 3 is 2.24 bits per heavy atom. The number of piperazine rings is 1. The Kier molecular flexibility index (Phi) is 6.25. The molecule has 34 heavy (non-hydrogen) atoms. The van der Waals surface area contributed by atoms with Crippen LogP contribution >= 0.6 is 0 Å². The standard InChI is InChI=1S/C21H24N6O6S/c1-23-18-8-7-17(13-19(18)24(2)21(23)29)34(32,33)26-11-9-25(10-12-26)14-20(28)22-15-3-5-16(6-4-15)27(30)31/h3-8,13H,9-12,14H2,1-2H3,(H,22,28). The number of hydrogen-bond donors (Lipinski definition) is 1. The molecule has 1 amide bonds. The van der Waals surface area contributed by atoms with Gasteiger partial charge in [-0.1, -0.05) is 0 Å². The highest BCUT2D eigenvalue weighted by Gasteiger charge is 2.29. The Morgan fingerprint density at radius 2 is 1.62 bits per heavy atom. The highest BCUT2D eigenvalue weighted by atomic mass is 32.2. The van der Waals surface area contributed by atoms with Crippen molar-refractivity contribution in [2.45, 2.75) is 4.90 Å². The van der Waals surface area contributed by atoms with Crippen LogP contribution in [0.4, 0.5) is 11.4 Å². The summed E-state index contributed by atoms with van der Waals surface area (Å²) in [7, 11) is -0.525. The van der Waals surface area contributed by atoms with E-state index in [0.717, 1.165) is 0 Å². The lowest BCUT2D eigenvalue weighted by Crippen LogP contribution is -2.50. The van der Waals surface area contributed by atoms with Gasteiger partial charge in [0.1, 0.15) is 0 Å². The highest BCUT2D eigenvalue weighted by molar-refractivity contribution is 7.89. The maximum atomic E-state index is 13.2. The van der Waals surface area contributed by atoms with Crippen molar-refractivity contribution in [3.8, 4) is 0 Å². The molecule has 1 aliphatic rings. The Balaban J connectivity index is 1.37. The molecule has 1 N–H and O–H groups in total. The van der Waals surface area contributed by atoms with Crippen molar-refractivity contribution < 1.29 is 18.1 Å². The van der Waals surface area contributed by atoms with Crippen LogP contribution in [0.15, 0.2) is 52.2 Å². The summed E-state index contributed by atoms with van der Waals surface area (Å²) in [6.45, 7) is 1.26. The number of fused-ring (bicyclic) bond motifs is 1. The number of nitro benzene ring substituents is 1. The molecule has 0 bridgehead atoms. The van der Waals surface area contributed by atoms with Gasteiger partial charge in [0.2, 0.25) is 15.9 Å². The van der Waals surface area contributed by atoms with Crippen LogP contribution in [0.1, 0.15) is 0 Å². The minimum absolute atomic E-state index is 0.0658. The number of carbonyl (C=O) groups is 1. The number of rotatable bonds is 6. The highest BCUT2D eigenvalue weighted by Crippen LogP contribution is 2.22. The van der Waals surface area contributed by atoms with Gasteiger partial charge in [-0.3, -0.25) is 28.9 Å². The van der Waals surface area contributed by atoms with Crippen LogP contribution in [-0.4, -0.2) is 70.3 Å². The van der Waals surface area contributed by atoms with E-state index in [2.05, 4.69) is 5.32 Å². The van der Waals surface area contributed by atoms with Crippen LogP contribution in [-0.2, 0) is 28.9 Å². The molecule has 3 aromatic rings. The zero-order valence-electron chi connectivity index (χ0n) is 18.7. The molecule has 180 valence electrons. The summed E-state index contributed by atoms with van der Waals surface area (Å²) in [4.78, 5) is 36.6. The fourth-order valence-electron chi connectivity index (χ4n) is 3.99. The van der Waals surface area contributed by atoms with E-state index < -0.39 is 14.9 Å². The van der Waals surface area contributed by atoms with Crippen molar-refractivity contribution in [3.63, 3.8) is 0 Å². The minimum Gasteiger partial charge on any atom is -0.325 e. The third kappa shape index (κ3) is 4.44. The second kappa shape index (κ2) is 9.00. The third-order valence-electron chi connectivity index (χ3n) is 5.94. The van der Waals surface area contributed by atoms with Crippen molar-refractivity contribution in [1.29, 1.82) is 0 Å². The topological polar surface area (TPSA) is 140 Å². The average molecular weight is 489 g/mol. The van der Waals surface area contributed by atoms with Gasteiger partial charge in [-0.15, -0.1) is 0 Å². The van der Waals surface area contributed by atoms with Gasteiger partial charge in [-0.2, -0.15) is 4.31 Å². The molecule has 0 saturated carbocycles. The SMILES string of the molecule is Cn1c(=O)n(C)c2cc(S(=O)(=O)N3CCN(CC(=O)Nc4ccc([N+](=O)[O-])cc4)CC3)ccc21. The van der Waals surface area contributed by atoms with Gasteiger partial charge < -0.3 is 5.32 Å². The zero-order chi connectivity index (χ0) is 24.6. The quantitative estimate of drug-likeness (QED) is 0.398. The van der Waals surface area contributed by atoms with Gasteiger partial charge in [0.25, 0.3) is 5.69 Å². The number of nitrogens with zero attached hydrogens (tertiary/aromatic N) is 5. The Bertz CT molecular complexity index is 1420. The first-order valence-electron chi connectivity index (χ1n) is 10.5. The molecular weight excluding hydrogens is 464 g/mol. The number of benzene rings is 2. The third-order valence-corrected chi connectivity index (χ3v) is 7.84. The Labute approximate surface area is 195 Å². The lowest BCUT2D eigenvalue weighted by molar-refractivity contribution is -0.384. The van der Waals surface area contributed by atoms with Crippen LogP contribution in [0.2, 0.25) is 0 Å². The molecule has 1 aliphatic heterocycles. The number of aromatic nitrogens is 2. The van der Waals surface area contributed by atoms with E-state index in [1.54, 1.807) is 20.2 Å². The molecule has 0 unspecified atom stereocenters. The fourth-order valence-corrected chi connectivity index (χ4v) is 5.44. The summed E-state index contributed by atoms with van der Waals surface area (Å²) >= 11 is 0. The smallest absolute Gasteiger partial charge is 0.325 e. The number of nitro groups is 1. The summed E-state index contributed by atoms with van der Waals surface area (Å²) in [5, 5.41) is 13.4. The zero-order valence-corrected chi connectivity index (χ0v) is 19.5. The fraction of sp³-hybridized carbons (Fsp3) is 0.333. The molecule has 1 aromatic heterocycles. The summed E-state index contributed by atoms with van der Waals surface area (Å²) in [6.07, 6.45) is 0. The van der Waals surface area contributed by atoms with Crippen molar-refractivity contribution in [1.82, 2.24) is 18.3 Å². The van der Waals surface area contributed by atoms with E-state index in [1.165, 1.54) is 49.8 Å². The predicted octanol–water partition coefficient (Wildman–Crippen LogP) is 0.730. The van der Waals surface area contributed by atoms with Gasteiger partial charge >= 0.3 is 5.69 Å². The van der Waals surface area contributed by atoms with E-state index in [-0.39, 0.29) is 41.8 Å². The van der Waals surface area contributed by atoms with Crippen molar-refractivity contribution in [2.75, 3.05) is 38.0 Å². The van der Waals surface area contributed by atoms with Crippen molar-refractivity contribution in [2.24, 2.45) is 14.1 Å². The van der Waals surface area contributed by atoms with Crippen LogP contribution in [0.3, 0.4) is 0 Å². The second-order valence-corrected chi connectivity index (χ2v) is 10.0. The maximum Gasteiger partial charge on any atom is 0.328 e. The number of sulfonamides is 1. The maximum absolute atomic E-state index is 13.2. The monoisotopic (exact) mass is 488 g/mol. The lowest BCUT2D eigenvalue weighted by Gasteiger charge is -2.33. The minimum atomic E-state index is -3.76. The molecule has 1 saturated heterocycles. The van der Waals surface area contributed by atoms with Gasteiger partial charge in [0.05, 0.1) is 27.4 Å². The normalized spacial score (nSPS) is 15.5. The number of anilines is 1. The largest absolute Gasteiger partial charge is 0.328 e. The van der Waals surface area contributed by atoms with Crippen LogP contribution in [0.5, 0.6) is 0 Å². The average Bonchev–Trinajstić information content (AvgIpc) is 3.03. The van der Waals surface area contributed by atoms with Crippen LogP contribution in [0.25, 0.3) is 11.0 Å². The van der Waals surface area contributed by atoms with E-state index in [1.807, 2.05) is 4.90 Å². The summed E-state index contributed by atoms with van der Waals surface area (Å²) in [5.74, 6) is -0.291. The molecule has 0 atom stereocenters. The van der Waals surface area contributed by atoms with Gasteiger partial charge in [-0.05, 0) is 30.3 Å². The molecular formula is C21H24N6O6S. The van der Waals surface area contributed by atoms with Crippen LogP contribution < -0.4 is 11.0 Å². The predicted molar refractivity (Wildman–Crippen MR) is 125 cm³/mol. The first kappa shape index (κ1) is 23.6. The molecule has 12 nitrogen and oxygen atoms in total. The Hall–Kier alpha value is -3.55. The van der Waals surface area contributed by atoms with E-state index in [4.69, 9.17) is 0 Å². The lowest BCUT2D eigenvalue weighted by atomic mass is 10.3. The van der Waals surface area contributed by atoms with E-state index in [0.29, 0.717) is 29.8 Å². The molecule has 4 rings (SSSR count). The van der Waals surface area contributed by atoms with E-state index >= 15 is 0 Å². The molecule has 2 aromatic carbocycles. The molecule has 1 fully saturated rings. The number of amides is 1. The number of imidazole rings is 1. The second-order valence-electron chi connectivity index (χ2n) is 8.08. The molecule has 0 radical (unpaired) electrons.